The smallest absolute Gasteiger partial charge is 0.139 e. The van der Waals surface area contributed by atoms with E-state index in [-0.39, 0.29) is 0 Å². The zero-order valence-electron chi connectivity index (χ0n) is 8.38. The molecule has 1 aromatic carbocycles. The van der Waals surface area contributed by atoms with Gasteiger partial charge in [0.25, 0.3) is 0 Å². The first-order chi connectivity index (χ1) is 7.34. The molecular weight excluding hydrogens is 188 g/mol. The van der Waals surface area contributed by atoms with Crippen LogP contribution in [-0.4, -0.2) is 16.2 Å². The molecule has 4 nitrogen and oxygen atoms in total. The molecule has 0 unspecified atom stereocenters. The summed E-state index contributed by atoms with van der Waals surface area (Å²) in [5.41, 5.74) is 1.09. The van der Waals surface area contributed by atoms with Gasteiger partial charge in [-0.1, -0.05) is 0 Å². The summed E-state index contributed by atoms with van der Waals surface area (Å²) in [4.78, 5) is 12.8. The molecule has 0 radical (unpaired) electrons. The summed E-state index contributed by atoms with van der Waals surface area (Å²) < 4.78 is 1.99. The Morgan fingerprint density at radius 1 is 1.20 bits per heavy atom. The van der Waals surface area contributed by atoms with Crippen LogP contribution in [0, 0.1) is 0 Å². The average Bonchev–Trinajstić information content (AvgIpc) is 2.84. The first kappa shape index (κ1) is 8.35. The molecule has 0 amide bonds. The molecule has 4 heteroatoms. The SMILES string of the molecule is Cn1ccnc1-c1ccc2c(c1)=NCN=2. The molecule has 1 aliphatic rings. The molecule has 0 bridgehead atoms. The maximum atomic E-state index is 4.30. The van der Waals surface area contributed by atoms with Crippen LogP contribution in [0.1, 0.15) is 0 Å². The van der Waals surface area contributed by atoms with Crippen LogP contribution in [0.5, 0.6) is 0 Å². The van der Waals surface area contributed by atoms with E-state index in [4.69, 9.17) is 0 Å². The highest BCUT2D eigenvalue weighted by Gasteiger charge is 2.04. The van der Waals surface area contributed by atoms with Gasteiger partial charge in [0.2, 0.25) is 0 Å². The van der Waals surface area contributed by atoms with Crippen molar-refractivity contribution in [1.29, 1.82) is 0 Å². The number of imidazole rings is 1. The van der Waals surface area contributed by atoms with Gasteiger partial charge in [-0.05, 0) is 18.2 Å². The molecule has 74 valence electrons. The van der Waals surface area contributed by atoms with E-state index < -0.39 is 0 Å². The Hall–Kier alpha value is -1.97. The summed E-state index contributed by atoms with van der Waals surface area (Å²) in [6.07, 6.45) is 3.73. The van der Waals surface area contributed by atoms with Gasteiger partial charge in [-0.2, -0.15) is 0 Å². The van der Waals surface area contributed by atoms with Gasteiger partial charge in [0.1, 0.15) is 12.5 Å². The van der Waals surface area contributed by atoms with Crippen LogP contribution >= 0.6 is 0 Å². The van der Waals surface area contributed by atoms with E-state index >= 15 is 0 Å². The van der Waals surface area contributed by atoms with E-state index in [1.807, 2.05) is 36.0 Å². The molecular formula is C11H10N4. The van der Waals surface area contributed by atoms with Crippen LogP contribution in [0.15, 0.2) is 40.6 Å². The minimum absolute atomic E-state index is 0.555. The van der Waals surface area contributed by atoms with Crippen molar-refractivity contribution in [3.63, 3.8) is 0 Å². The largest absolute Gasteiger partial charge is 0.334 e. The van der Waals surface area contributed by atoms with Crippen LogP contribution in [0.2, 0.25) is 0 Å². The minimum Gasteiger partial charge on any atom is -0.334 e. The number of benzene rings is 1. The van der Waals surface area contributed by atoms with E-state index in [1.165, 1.54) is 0 Å². The van der Waals surface area contributed by atoms with Crippen molar-refractivity contribution in [1.82, 2.24) is 9.55 Å². The fourth-order valence-electron chi connectivity index (χ4n) is 1.75. The maximum Gasteiger partial charge on any atom is 0.139 e. The number of rotatable bonds is 1. The Morgan fingerprint density at radius 2 is 2.07 bits per heavy atom. The second-order valence-electron chi connectivity index (χ2n) is 3.52. The highest BCUT2D eigenvalue weighted by molar-refractivity contribution is 5.54. The topological polar surface area (TPSA) is 42.5 Å². The lowest BCUT2D eigenvalue weighted by Gasteiger charge is -2.00. The second-order valence-corrected chi connectivity index (χ2v) is 3.52. The Labute approximate surface area is 86.6 Å². The van der Waals surface area contributed by atoms with Gasteiger partial charge in [0.15, 0.2) is 0 Å². The van der Waals surface area contributed by atoms with Crippen LogP contribution in [-0.2, 0) is 7.05 Å². The van der Waals surface area contributed by atoms with E-state index in [1.54, 1.807) is 6.20 Å². The predicted octanol–water partition coefficient (Wildman–Crippen LogP) is 0.297. The monoisotopic (exact) mass is 198 g/mol. The highest BCUT2D eigenvalue weighted by Crippen LogP contribution is 2.12. The number of fused-ring (bicyclic) bond motifs is 1. The van der Waals surface area contributed by atoms with Crippen molar-refractivity contribution in [3.8, 4) is 11.4 Å². The molecule has 15 heavy (non-hydrogen) atoms. The third kappa shape index (κ3) is 1.26. The Morgan fingerprint density at radius 3 is 2.87 bits per heavy atom. The normalized spacial score (nSPS) is 13.1. The lowest BCUT2D eigenvalue weighted by atomic mass is 10.2. The molecule has 2 aromatic rings. The number of hydrogen-bond acceptors (Lipinski definition) is 3. The maximum absolute atomic E-state index is 4.30. The van der Waals surface area contributed by atoms with Crippen molar-refractivity contribution in [2.75, 3.05) is 6.67 Å². The Kier molecular flexibility index (Phi) is 1.68. The average molecular weight is 198 g/mol. The van der Waals surface area contributed by atoms with Crippen molar-refractivity contribution >= 4 is 0 Å². The van der Waals surface area contributed by atoms with Crippen LogP contribution in [0.4, 0.5) is 0 Å². The van der Waals surface area contributed by atoms with Gasteiger partial charge in [-0.15, -0.1) is 0 Å². The minimum atomic E-state index is 0.555. The third-order valence-electron chi connectivity index (χ3n) is 2.54. The standard InChI is InChI=1S/C11H10N4/c1-15-5-4-12-11(15)8-2-3-9-10(6-8)14-7-13-9/h2-6H,7H2,1H3. The van der Waals surface area contributed by atoms with Gasteiger partial charge in [0.05, 0.1) is 10.7 Å². The van der Waals surface area contributed by atoms with E-state index in [2.05, 4.69) is 15.0 Å². The third-order valence-corrected chi connectivity index (χ3v) is 2.54. The zero-order valence-corrected chi connectivity index (χ0v) is 8.38. The molecule has 0 aliphatic carbocycles. The molecule has 0 saturated heterocycles. The quantitative estimate of drug-likeness (QED) is 0.649. The first-order valence-corrected chi connectivity index (χ1v) is 4.81. The van der Waals surface area contributed by atoms with Gasteiger partial charge >= 0.3 is 0 Å². The van der Waals surface area contributed by atoms with E-state index in [0.29, 0.717) is 6.67 Å². The summed E-state index contributed by atoms with van der Waals surface area (Å²) in [7, 11) is 1.98. The summed E-state index contributed by atoms with van der Waals surface area (Å²) in [6, 6.07) is 6.06. The van der Waals surface area contributed by atoms with Crippen molar-refractivity contribution in [2.24, 2.45) is 17.0 Å². The molecule has 0 atom stereocenters. The van der Waals surface area contributed by atoms with Gasteiger partial charge in [0, 0.05) is 25.0 Å². The predicted molar refractivity (Wildman–Crippen MR) is 55.8 cm³/mol. The molecule has 3 rings (SSSR count). The molecule has 1 aromatic heterocycles. The molecule has 0 saturated carbocycles. The van der Waals surface area contributed by atoms with E-state index in [9.17, 15) is 0 Å². The number of aromatic nitrogens is 2. The lowest BCUT2D eigenvalue weighted by Crippen LogP contribution is -2.21. The Balaban J connectivity index is 2.24. The fourth-order valence-corrected chi connectivity index (χ4v) is 1.75. The van der Waals surface area contributed by atoms with Gasteiger partial charge in [-0.25, -0.2) is 4.98 Å². The molecule has 2 heterocycles. The molecule has 1 aliphatic heterocycles. The van der Waals surface area contributed by atoms with Gasteiger partial charge < -0.3 is 4.57 Å². The van der Waals surface area contributed by atoms with Crippen LogP contribution in [0.3, 0.4) is 0 Å². The summed E-state index contributed by atoms with van der Waals surface area (Å²) in [5.74, 6) is 0.958. The van der Waals surface area contributed by atoms with Gasteiger partial charge in [-0.3, -0.25) is 9.98 Å². The second kappa shape index (κ2) is 3.02. The van der Waals surface area contributed by atoms with Crippen molar-refractivity contribution in [2.45, 2.75) is 0 Å². The van der Waals surface area contributed by atoms with Crippen LogP contribution in [0.25, 0.3) is 11.4 Å². The summed E-state index contributed by atoms with van der Waals surface area (Å²) >= 11 is 0. The van der Waals surface area contributed by atoms with Crippen molar-refractivity contribution in [3.05, 3.63) is 41.3 Å². The van der Waals surface area contributed by atoms with Crippen molar-refractivity contribution < 1.29 is 0 Å². The number of nitrogens with zero attached hydrogens (tertiary/aromatic N) is 4. The Bertz CT molecular complexity index is 624. The summed E-state index contributed by atoms with van der Waals surface area (Å²) in [5, 5.41) is 1.95. The fraction of sp³-hybridized carbons (Fsp3) is 0.182. The molecule has 0 fully saturated rings. The molecule has 0 spiro atoms. The molecule has 0 N–H and O–H groups in total. The van der Waals surface area contributed by atoms with E-state index in [0.717, 1.165) is 22.1 Å². The lowest BCUT2D eigenvalue weighted by molar-refractivity contribution is 0.924. The van der Waals surface area contributed by atoms with Crippen LogP contribution < -0.4 is 10.7 Å². The number of aryl methyl sites for hydroxylation is 1. The highest BCUT2D eigenvalue weighted by atomic mass is 15.0. The number of hydrogen-bond donors (Lipinski definition) is 0. The zero-order chi connectivity index (χ0) is 10.3. The summed E-state index contributed by atoms with van der Waals surface area (Å²) in [6.45, 7) is 0.555. The first-order valence-electron chi connectivity index (χ1n) is 4.81.